The van der Waals surface area contributed by atoms with E-state index in [1.165, 1.54) is 10.6 Å². The summed E-state index contributed by atoms with van der Waals surface area (Å²) >= 11 is 0. The van der Waals surface area contributed by atoms with Crippen molar-refractivity contribution in [3.8, 4) is 0 Å². The topological polar surface area (TPSA) is 77.9 Å². The molecular formula is C10H20N2O4S. The molecule has 1 N–H and O–H groups in total. The summed E-state index contributed by atoms with van der Waals surface area (Å²) in [6.45, 7) is 5.42. The average molecular weight is 264 g/mol. The molecule has 1 saturated heterocycles. The molecule has 0 bridgehead atoms. The van der Waals surface area contributed by atoms with Gasteiger partial charge in [-0.05, 0) is 5.92 Å². The molecule has 17 heavy (non-hydrogen) atoms. The van der Waals surface area contributed by atoms with E-state index >= 15 is 0 Å². The van der Waals surface area contributed by atoms with E-state index in [4.69, 9.17) is 5.11 Å². The van der Waals surface area contributed by atoms with Gasteiger partial charge in [-0.25, -0.2) is 8.42 Å². The van der Waals surface area contributed by atoms with E-state index in [1.807, 2.05) is 18.7 Å². The zero-order chi connectivity index (χ0) is 13.2. The van der Waals surface area contributed by atoms with Crippen LogP contribution in [0.2, 0.25) is 0 Å². The fourth-order valence-electron chi connectivity index (χ4n) is 2.18. The van der Waals surface area contributed by atoms with Crippen molar-refractivity contribution in [3.05, 3.63) is 0 Å². The number of piperazine rings is 1. The quantitative estimate of drug-likeness (QED) is 0.752. The zero-order valence-corrected chi connectivity index (χ0v) is 11.3. The van der Waals surface area contributed by atoms with E-state index in [9.17, 15) is 13.2 Å². The Hall–Kier alpha value is -0.660. The normalized spacial score (nSPS) is 21.6. The molecule has 7 heteroatoms. The van der Waals surface area contributed by atoms with Gasteiger partial charge in [0.1, 0.15) is 6.04 Å². The van der Waals surface area contributed by atoms with Gasteiger partial charge in [0.05, 0.1) is 6.26 Å². The molecule has 6 nitrogen and oxygen atoms in total. The van der Waals surface area contributed by atoms with Gasteiger partial charge >= 0.3 is 5.97 Å². The van der Waals surface area contributed by atoms with Gasteiger partial charge in [-0.1, -0.05) is 13.8 Å². The number of rotatable bonds is 4. The standard InChI is InChI=1S/C10H20N2O4S/c1-8(2)9(10(13)14)11-4-6-12(7-5-11)17(3,15)16/h8-9H,4-7H2,1-3H3,(H,13,14). The first-order valence-electron chi connectivity index (χ1n) is 5.65. The number of hydrogen-bond donors (Lipinski definition) is 1. The number of carboxylic acid groups (broad SMARTS) is 1. The summed E-state index contributed by atoms with van der Waals surface area (Å²) < 4.78 is 24.0. The molecule has 0 radical (unpaired) electrons. The molecule has 1 heterocycles. The molecule has 0 aromatic rings. The van der Waals surface area contributed by atoms with Crippen molar-refractivity contribution in [2.75, 3.05) is 32.4 Å². The first-order chi connectivity index (χ1) is 7.73. The number of hydrogen-bond acceptors (Lipinski definition) is 4. The molecule has 100 valence electrons. The van der Waals surface area contributed by atoms with Crippen LogP contribution in [0.1, 0.15) is 13.8 Å². The molecule has 0 aliphatic carbocycles. The van der Waals surface area contributed by atoms with Gasteiger partial charge in [0.2, 0.25) is 10.0 Å². The number of carboxylic acids is 1. The highest BCUT2D eigenvalue weighted by molar-refractivity contribution is 7.88. The molecule has 0 saturated carbocycles. The summed E-state index contributed by atoms with van der Waals surface area (Å²) in [5.74, 6) is -0.829. The molecule has 0 aromatic carbocycles. The lowest BCUT2D eigenvalue weighted by atomic mass is 10.0. The smallest absolute Gasteiger partial charge is 0.321 e. The summed E-state index contributed by atoms with van der Waals surface area (Å²) in [6, 6.07) is -0.531. The zero-order valence-electron chi connectivity index (χ0n) is 10.5. The van der Waals surface area contributed by atoms with E-state index in [0.29, 0.717) is 26.2 Å². The molecule has 0 amide bonds. The van der Waals surface area contributed by atoms with Crippen molar-refractivity contribution >= 4 is 16.0 Å². The Morgan fingerprint density at radius 1 is 1.18 bits per heavy atom. The molecule has 0 aromatic heterocycles. The summed E-state index contributed by atoms with van der Waals surface area (Å²) in [5, 5.41) is 9.15. The molecule has 1 aliphatic heterocycles. The van der Waals surface area contributed by atoms with Crippen molar-refractivity contribution < 1.29 is 18.3 Å². The van der Waals surface area contributed by atoms with Crippen LogP contribution in [0.5, 0.6) is 0 Å². The van der Waals surface area contributed by atoms with E-state index in [2.05, 4.69) is 0 Å². The van der Waals surface area contributed by atoms with Gasteiger partial charge in [0.15, 0.2) is 0 Å². The first-order valence-corrected chi connectivity index (χ1v) is 7.50. The Bertz CT molecular complexity index is 372. The third-order valence-corrected chi connectivity index (χ3v) is 4.32. The van der Waals surface area contributed by atoms with Gasteiger partial charge in [-0.15, -0.1) is 0 Å². The Balaban J connectivity index is 2.65. The maximum absolute atomic E-state index is 11.3. The third-order valence-electron chi connectivity index (χ3n) is 3.02. The highest BCUT2D eigenvalue weighted by atomic mass is 32.2. The maximum atomic E-state index is 11.3. The first kappa shape index (κ1) is 14.4. The molecule has 1 aliphatic rings. The van der Waals surface area contributed by atoms with Crippen molar-refractivity contribution in [1.29, 1.82) is 0 Å². The van der Waals surface area contributed by atoms with Crippen LogP contribution >= 0.6 is 0 Å². The Kier molecular flexibility index (Phi) is 4.51. The van der Waals surface area contributed by atoms with Crippen molar-refractivity contribution in [1.82, 2.24) is 9.21 Å². The monoisotopic (exact) mass is 264 g/mol. The van der Waals surface area contributed by atoms with Crippen LogP contribution in [0.25, 0.3) is 0 Å². The van der Waals surface area contributed by atoms with Crippen LogP contribution in [-0.2, 0) is 14.8 Å². The lowest BCUT2D eigenvalue weighted by Crippen LogP contribution is -2.55. The van der Waals surface area contributed by atoms with Gasteiger partial charge in [0.25, 0.3) is 0 Å². The van der Waals surface area contributed by atoms with E-state index < -0.39 is 22.0 Å². The van der Waals surface area contributed by atoms with Gasteiger partial charge in [-0.3, -0.25) is 9.69 Å². The lowest BCUT2D eigenvalue weighted by Gasteiger charge is -2.37. The molecular weight excluding hydrogens is 244 g/mol. The average Bonchev–Trinajstić information content (AvgIpc) is 2.15. The summed E-state index contributed by atoms with van der Waals surface area (Å²) in [4.78, 5) is 13.0. The third kappa shape index (κ3) is 3.65. The Morgan fingerprint density at radius 3 is 1.94 bits per heavy atom. The fraction of sp³-hybridized carbons (Fsp3) is 0.900. The van der Waals surface area contributed by atoms with Gasteiger partial charge in [-0.2, -0.15) is 4.31 Å². The Morgan fingerprint density at radius 2 is 1.65 bits per heavy atom. The van der Waals surface area contributed by atoms with Crippen LogP contribution in [0.4, 0.5) is 0 Å². The number of nitrogens with zero attached hydrogens (tertiary/aromatic N) is 2. The van der Waals surface area contributed by atoms with E-state index in [1.54, 1.807) is 0 Å². The predicted octanol–water partition coefficient (Wildman–Crippen LogP) is -0.327. The second-order valence-corrected chi connectivity index (χ2v) is 6.71. The second kappa shape index (κ2) is 5.32. The SMILES string of the molecule is CC(C)C(C(=O)O)N1CCN(S(C)(=O)=O)CC1. The number of sulfonamides is 1. The lowest BCUT2D eigenvalue weighted by molar-refractivity contribution is -0.145. The fourth-order valence-corrected chi connectivity index (χ4v) is 3.00. The van der Waals surface area contributed by atoms with E-state index in [0.717, 1.165) is 0 Å². The van der Waals surface area contributed by atoms with Crippen LogP contribution < -0.4 is 0 Å². The highest BCUT2D eigenvalue weighted by Gasteiger charge is 2.32. The van der Waals surface area contributed by atoms with Crippen molar-refractivity contribution in [2.45, 2.75) is 19.9 Å². The summed E-state index contributed by atoms with van der Waals surface area (Å²) in [6.07, 6.45) is 1.18. The molecule has 1 atom stereocenters. The van der Waals surface area contributed by atoms with Crippen LogP contribution in [-0.4, -0.2) is 67.2 Å². The Labute approximate surface area is 102 Å². The van der Waals surface area contributed by atoms with Gasteiger partial charge in [0, 0.05) is 26.2 Å². The van der Waals surface area contributed by atoms with Crippen LogP contribution in [0.15, 0.2) is 0 Å². The van der Waals surface area contributed by atoms with Gasteiger partial charge < -0.3 is 5.11 Å². The van der Waals surface area contributed by atoms with Crippen molar-refractivity contribution in [2.24, 2.45) is 5.92 Å². The van der Waals surface area contributed by atoms with E-state index in [-0.39, 0.29) is 5.92 Å². The molecule has 1 unspecified atom stereocenters. The maximum Gasteiger partial charge on any atom is 0.321 e. The largest absolute Gasteiger partial charge is 0.480 e. The molecule has 1 fully saturated rings. The minimum atomic E-state index is -3.16. The summed E-state index contributed by atoms with van der Waals surface area (Å²) in [5.41, 5.74) is 0. The summed E-state index contributed by atoms with van der Waals surface area (Å²) in [7, 11) is -3.16. The highest BCUT2D eigenvalue weighted by Crippen LogP contribution is 2.15. The van der Waals surface area contributed by atoms with Crippen LogP contribution in [0, 0.1) is 5.92 Å². The second-order valence-electron chi connectivity index (χ2n) is 4.73. The minimum absolute atomic E-state index is 0.0114. The van der Waals surface area contributed by atoms with Crippen LogP contribution in [0.3, 0.4) is 0 Å². The molecule has 0 spiro atoms. The molecule has 1 rings (SSSR count). The van der Waals surface area contributed by atoms with Crippen molar-refractivity contribution in [3.63, 3.8) is 0 Å². The minimum Gasteiger partial charge on any atom is -0.480 e. The number of aliphatic carboxylic acids is 1. The number of carbonyl (C=O) groups is 1. The predicted molar refractivity (Wildman–Crippen MR) is 64.3 cm³/mol.